The molecule has 1 fully saturated rings. The summed E-state index contributed by atoms with van der Waals surface area (Å²) in [6.45, 7) is 7.29. The molecule has 3 aliphatic rings. The number of aryl methyl sites for hydroxylation is 1. The third-order valence-electron chi connectivity index (χ3n) is 5.90. The maximum Gasteiger partial charge on any atom is 0.258 e. The smallest absolute Gasteiger partial charge is 0.258 e. The molecule has 1 saturated heterocycles. The Morgan fingerprint density at radius 2 is 1.94 bits per heavy atom. The first-order valence-electron chi connectivity index (χ1n) is 10.8. The summed E-state index contributed by atoms with van der Waals surface area (Å²) < 4.78 is 0. The number of fused-ring (bicyclic) bond motifs is 1. The number of nitrogens with one attached hydrogen (secondary N) is 1. The van der Waals surface area contributed by atoms with Crippen LogP contribution < -0.4 is 10.5 Å². The van der Waals surface area contributed by atoms with E-state index in [1.54, 1.807) is 0 Å². The first kappa shape index (κ1) is 20.8. The average molecular weight is 417 g/mol. The van der Waals surface area contributed by atoms with Crippen molar-refractivity contribution >= 4 is 23.5 Å². The Labute approximate surface area is 182 Å². The first-order valence-corrected chi connectivity index (χ1v) is 10.8. The van der Waals surface area contributed by atoms with Crippen LogP contribution in [0.3, 0.4) is 0 Å². The zero-order valence-electron chi connectivity index (χ0n) is 18.1. The standard InChI is InChI=1S/C25H28N4O2/c1-3-21(24-20-8-5-4-6-9-22(20)27-25(24)31)26-23-16-19(11-10-18(23)2)29-13-7-12-28(17-30)14-15-29/h4-6,8-11,16-17H,3,7,12-15H2,1-2H3,(H,27,31). The largest absolute Gasteiger partial charge is 0.370 e. The fourth-order valence-corrected chi connectivity index (χ4v) is 4.14. The van der Waals surface area contributed by atoms with E-state index >= 15 is 0 Å². The lowest BCUT2D eigenvalue weighted by Gasteiger charge is -2.23. The van der Waals surface area contributed by atoms with E-state index in [1.807, 2.05) is 49.1 Å². The summed E-state index contributed by atoms with van der Waals surface area (Å²) in [7, 11) is 0. The predicted molar refractivity (Wildman–Crippen MR) is 126 cm³/mol. The molecule has 2 aliphatic heterocycles. The second-order valence-electron chi connectivity index (χ2n) is 7.93. The average Bonchev–Trinajstić information content (AvgIpc) is 2.98. The molecule has 1 N–H and O–H groups in total. The van der Waals surface area contributed by atoms with Crippen molar-refractivity contribution < 1.29 is 4.79 Å². The zero-order valence-corrected chi connectivity index (χ0v) is 18.1. The number of hydrogen-bond acceptors (Lipinski definition) is 4. The van der Waals surface area contributed by atoms with E-state index in [9.17, 15) is 9.59 Å². The molecule has 0 bridgehead atoms. The Kier molecular flexibility index (Phi) is 6.16. The van der Waals surface area contributed by atoms with Crippen LogP contribution in [-0.4, -0.2) is 48.2 Å². The number of aromatic amines is 1. The van der Waals surface area contributed by atoms with Crippen LogP contribution in [0.4, 0.5) is 11.4 Å². The summed E-state index contributed by atoms with van der Waals surface area (Å²) in [4.78, 5) is 35.9. The van der Waals surface area contributed by atoms with Crippen molar-refractivity contribution in [2.75, 3.05) is 31.1 Å². The number of anilines is 1. The van der Waals surface area contributed by atoms with Gasteiger partial charge in [-0.2, -0.15) is 0 Å². The number of hydrogen-bond donors (Lipinski definition) is 1. The van der Waals surface area contributed by atoms with Crippen LogP contribution in [0.2, 0.25) is 0 Å². The Balaban J connectivity index is 1.71. The number of aromatic nitrogens is 1. The van der Waals surface area contributed by atoms with Gasteiger partial charge in [0.05, 0.1) is 17.0 Å². The topological polar surface area (TPSA) is 68.8 Å². The van der Waals surface area contributed by atoms with Crippen molar-refractivity contribution in [3.8, 4) is 11.3 Å². The van der Waals surface area contributed by atoms with E-state index in [2.05, 4.69) is 28.1 Å². The molecule has 6 heteroatoms. The van der Waals surface area contributed by atoms with Gasteiger partial charge >= 0.3 is 0 Å². The third-order valence-corrected chi connectivity index (χ3v) is 5.90. The summed E-state index contributed by atoms with van der Waals surface area (Å²) in [5.41, 5.74) is 6.08. The van der Waals surface area contributed by atoms with E-state index in [0.717, 1.165) is 72.9 Å². The van der Waals surface area contributed by atoms with Gasteiger partial charge in [-0.15, -0.1) is 0 Å². The molecule has 1 aliphatic carbocycles. The highest BCUT2D eigenvalue weighted by atomic mass is 16.1. The number of rotatable bonds is 5. The molecule has 160 valence electrons. The Hall–Kier alpha value is -3.41. The summed E-state index contributed by atoms with van der Waals surface area (Å²) in [5, 5.41) is 0. The van der Waals surface area contributed by atoms with Gasteiger partial charge in [-0.3, -0.25) is 14.6 Å². The Morgan fingerprint density at radius 1 is 1.10 bits per heavy atom. The van der Waals surface area contributed by atoms with Crippen molar-refractivity contribution in [3.05, 3.63) is 70.0 Å². The highest BCUT2D eigenvalue weighted by Gasteiger charge is 2.19. The monoisotopic (exact) mass is 416 g/mol. The summed E-state index contributed by atoms with van der Waals surface area (Å²) in [5.74, 6) is 0. The highest BCUT2D eigenvalue weighted by Crippen LogP contribution is 2.29. The van der Waals surface area contributed by atoms with E-state index in [-0.39, 0.29) is 5.56 Å². The number of aliphatic imine (C=N–C) groups is 1. The van der Waals surface area contributed by atoms with Gasteiger partial charge in [-0.1, -0.05) is 37.3 Å². The molecule has 0 saturated carbocycles. The molecular weight excluding hydrogens is 388 g/mol. The van der Waals surface area contributed by atoms with Crippen molar-refractivity contribution in [1.29, 1.82) is 0 Å². The minimum Gasteiger partial charge on any atom is -0.370 e. The zero-order chi connectivity index (χ0) is 21.8. The van der Waals surface area contributed by atoms with Gasteiger partial charge in [-0.05, 0) is 43.5 Å². The fourth-order valence-electron chi connectivity index (χ4n) is 4.14. The number of carbonyl (C=O) groups is 1. The quantitative estimate of drug-likeness (QED) is 0.505. The lowest BCUT2D eigenvalue weighted by atomic mass is 10.0. The summed E-state index contributed by atoms with van der Waals surface area (Å²) in [6, 6.07) is 16.0. The molecule has 1 aromatic rings. The number of carbonyl (C=O) groups excluding carboxylic acids is 1. The molecule has 0 aromatic heterocycles. The van der Waals surface area contributed by atoms with E-state index in [1.165, 1.54) is 0 Å². The lowest BCUT2D eigenvalue weighted by molar-refractivity contribution is -0.117. The number of H-pyrrole nitrogens is 1. The molecule has 0 spiro atoms. The van der Waals surface area contributed by atoms with E-state index in [4.69, 9.17) is 4.99 Å². The fraction of sp³-hybridized carbons (Fsp3) is 0.320. The third kappa shape index (κ3) is 4.38. The van der Waals surface area contributed by atoms with Gasteiger partial charge in [0.25, 0.3) is 5.56 Å². The van der Waals surface area contributed by atoms with Gasteiger partial charge in [0.1, 0.15) is 0 Å². The number of nitrogens with zero attached hydrogens (tertiary/aromatic N) is 3. The van der Waals surface area contributed by atoms with Gasteiger partial charge in [0.2, 0.25) is 6.41 Å². The Morgan fingerprint density at radius 3 is 2.74 bits per heavy atom. The minimum absolute atomic E-state index is 0.0999. The Bertz CT molecular complexity index is 1130. The molecule has 31 heavy (non-hydrogen) atoms. The van der Waals surface area contributed by atoms with Crippen LogP contribution in [0, 0.1) is 6.92 Å². The van der Waals surface area contributed by atoms with E-state index in [0.29, 0.717) is 12.0 Å². The summed E-state index contributed by atoms with van der Waals surface area (Å²) in [6.07, 6.45) is 2.53. The molecule has 1 amide bonds. The van der Waals surface area contributed by atoms with Crippen LogP contribution in [0.25, 0.3) is 11.3 Å². The van der Waals surface area contributed by atoms with Crippen molar-refractivity contribution in [2.45, 2.75) is 26.7 Å². The summed E-state index contributed by atoms with van der Waals surface area (Å²) >= 11 is 0. The van der Waals surface area contributed by atoms with Crippen LogP contribution in [0.5, 0.6) is 0 Å². The molecule has 2 heterocycles. The van der Waals surface area contributed by atoms with Crippen molar-refractivity contribution in [3.63, 3.8) is 0 Å². The van der Waals surface area contributed by atoms with E-state index < -0.39 is 0 Å². The minimum atomic E-state index is -0.0999. The maximum absolute atomic E-state index is 12.8. The van der Waals surface area contributed by atoms with Crippen molar-refractivity contribution in [2.24, 2.45) is 4.99 Å². The molecule has 0 atom stereocenters. The number of benzene rings is 1. The van der Waals surface area contributed by atoms with Crippen LogP contribution in [-0.2, 0) is 4.79 Å². The SMILES string of the molecule is CCC(=Nc1cc(N2CCCN(C=O)CC2)ccc1C)c1c2cccccc-2[nH]c1=O. The van der Waals surface area contributed by atoms with Crippen LogP contribution in [0.15, 0.2) is 58.3 Å². The molecule has 0 radical (unpaired) electrons. The van der Waals surface area contributed by atoms with Gasteiger partial charge in [0.15, 0.2) is 0 Å². The second-order valence-corrected chi connectivity index (χ2v) is 7.93. The van der Waals surface area contributed by atoms with Gasteiger partial charge in [-0.25, -0.2) is 0 Å². The van der Waals surface area contributed by atoms with Gasteiger partial charge < -0.3 is 14.8 Å². The van der Waals surface area contributed by atoms with Crippen LogP contribution in [0.1, 0.15) is 30.9 Å². The van der Waals surface area contributed by atoms with Gasteiger partial charge in [0, 0.05) is 43.1 Å². The molecule has 1 aromatic carbocycles. The maximum atomic E-state index is 12.8. The second kappa shape index (κ2) is 9.16. The van der Waals surface area contributed by atoms with Crippen LogP contribution >= 0.6 is 0 Å². The lowest BCUT2D eigenvalue weighted by Crippen LogP contribution is -2.29. The highest BCUT2D eigenvalue weighted by molar-refractivity contribution is 6.07. The first-order chi connectivity index (χ1) is 15.1. The molecule has 6 nitrogen and oxygen atoms in total. The molecule has 4 rings (SSSR count). The van der Waals surface area contributed by atoms with Crippen molar-refractivity contribution in [1.82, 2.24) is 9.88 Å². The number of amides is 1. The normalized spacial score (nSPS) is 15.2. The molecule has 0 unspecified atom stereocenters. The molecular formula is C25H28N4O2. The predicted octanol–water partition coefficient (Wildman–Crippen LogP) is 3.99.